The quantitative estimate of drug-likeness (QED) is 0.337. The van der Waals surface area contributed by atoms with Crippen LogP contribution in [0.2, 0.25) is 0 Å². The standard InChI is InChI=1S/C29H28N2O4/c1-18-14-24(18)26-13-12-23(34-26)17-31(22-10-11-22)28(32)15-19-6-8-21(9-7-19)30-29(33)27-16-20-4-2-3-5-25(20)35-27/h2-9,12-13,16,18,22,24H,10-11,14-15,17H2,1H3,(H,30,33). The molecule has 2 heterocycles. The second-order valence-electron chi connectivity index (χ2n) is 9.85. The smallest absolute Gasteiger partial charge is 0.291 e. The number of nitrogens with zero attached hydrogens (tertiary/aromatic N) is 1. The van der Waals surface area contributed by atoms with Crippen LogP contribution in [0.4, 0.5) is 5.69 Å². The van der Waals surface area contributed by atoms with Crippen molar-refractivity contribution in [1.29, 1.82) is 0 Å². The number of carbonyl (C=O) groups excluding carboxylic acids is 2. The van der Waals surface area contributed by atoms with E-state index in [0.717, 1.165) is 35.3 Å². The number of furan rings is 2. The van der Waals surface area contributed by atoms with Crippen LogP contribution in [0.25, 0.3) is 11.0 Å². The largest absolute Gasteiger partial charge is 0.464 e. The van der Waals surface area contributed by atoms with Crippen molar-refractivity contribution in [2.75, 3.05) is 5.32 Å². The molecular formula is C29H28N2O4. The molecule has 0 bridgehead atoms. The summed E-state index contributed by atoms with van der Waals surface area (Å²) in [6, 6.07) is 21.1. The highest BCUT2D eigenvalue weighted by Crippen LogP contribution is 2.47. The number of carbonyl (C=O) groups is 2. The van der Waals surface area contributed by atoms with E-state index in [4.69, 9.17) is 8.83 Å². The summed E-state index contributed by atoms with van der Waals surface area (Å²) in [6.45, 7) is 2.76. The van der Waals surface area contributed by atoms with Gasteiger partial charge in [0.2, 0.25) is 5.91 Å². The van der Waals surface area contributed by atoms with Gasteiger partial charge in [-0.25, -0.2) is 0 Å². The zero-order valence-corrected chi connectivity index (χ0v) is 19.7. The number of anilines is 1. The Morgan fingerprint density at radius 1 is 1.00 bits per heavy atom. The van der Waals surface area contributed by atoms with Gasteiger partial charge in [0, 0.05) is 23.0 Å². The monoisotopic (exact) mass is 468 g/mol. The van der Waals surface area contributed by atoms with Crippen LogP contribution in [-0.2, 0) is 17.8 Å². The summed E-state index contributed by atoms with van der Waals surface area (Å²) in [7, 11) is 0. The van der Waals surface area contributed by atoms with Crippen molar-refractivity contribution in [3.8, 4) is 0 Å². The molecule has 2 aliphatic rings. The fourth-order valence-electron chi connectivity index (χ4n) is 4.64. The van der Waals surface area contributed by atoms with Gasteiger partial charge >= 0.3 is 0 Å². The Hall–Kier alpha value is -3.80. The van der Waals surface area contributed by atoms with Gasteiger partial charge in [-0.2, -0.15) is 0 Å². The van der Waals surface area contributed by atoms with Crippen LogP contribution in [0, 0.1) is 5.92 Å². The molecule has 6 rings (SSSR count). The van der Waals surface area contributed by atoms with Gasteiger partial charge in [0.1, 0.15) is 17.1 Å². The second kappa shape index (κ2) is 8.77. The third-order valence-electron chi connectivity index (χ3n) is 7.01. The van der Waals surface area contributed by atoms with Crippen LogP contribution in [-0.4, -0.2) is 22.8 Å². The lowest BCUT2D eigenvalue weighted by molar-refractivity contribution is -0.131. The molecule has 2 amide bonds. The number of rotatable bonds is 8. The minimum atomic E-state index is -0.302. The number of nitrogens with one attached hydrogen (secondary N) is 1. The highest BCUT2D eigenvalue weighted by molar-refractivity contribution is 6.04. The summed E-state index contributed by atoms with van der Waals surface area (Å²) in [5, 5.41) is 3.75. The number of benzene rings is 2. The summed E-state index contributed by atoms with van der Waals surface area (Å²) in [5.74, 6) is 3.22. The zero-order chi connectivity index (χ0) is 23.9. The lowest BCUT2D eigenvalue weighted by Crippen LogP contribution is -2.33. The van der Waals surface area contributed by atoms with Gasteiger partial charge in [-0.3, -0.25) is 9.59 Å². The molecule has 178 valence electrons. The Morgan fingerprint density at radius 3 is 2.49 bits per heavy atom. The van der Waals surface area contributed by atoms with E-state index < -0.39 is 0 Å². The minimum absolute atomic E-state index is 0.101. The molecule has 2 saturated carbocycles. The first kappa shape index (κ1) is 21.7. The van der Waals surface area contributed by atoms with Crippen molar-refractivity contribution in [2.45, 2.75) is 51.1 Å². The van der Waals surface area contributed by atoms with Crippen LogP contribution in [0.1, 0.15) is 59.7 Å². The molecule has 2 atom stereocenters. The fraction of sp³-hybridized carbons (Fsp3) is 0.310. The van der Waals surface area contributed by atoms with Gasteiger partial charge in [0.15, 0.2) is 5.76 Å². The normalized spacial score (nSPS) is 19.0. The van der Waals surface area contributed by atoms with E-state index in [-0.39, 0.29) is 17.6 Å². The number of para-hydroxylation sites is 1. The van der Waals surface area contributed by atoms with E-state index >= 15 is 0 Å². The van der Waals surface area contributed by atoms with Crippen LogP contribution in [0.3, 0.4) is 0 Å². The highest BCUT2D eigenvalue weighted by atomic mass is 16.3. The Labute approximate surface area is 203 Å². The van der Waals surface area contributed by atoms with Crippen LogP contribution < -0.4 is 5.32 Å². The van der Waals surface area contributed by atoms with Gasteiger partial charge in [-0.05, 0) is 67.1 Å². The van der Waals surface area contributed by atoms with Crippen molar-refractivity contribution >= 4 is 28.5 Å². The topological polar surface area (TPSA) is 75.7 Å². The first-order chi connectivity index (χ1) is 17.0. The van der Waals surface area contributed by atoms with E-state index in [1.54, 1.807) is 6.07 Å². The first-order valence-electron chi connectivity index (χ1n) is 12.3. The molecule has 2 aliphatic carbocycles. The molecular weight excluding hydrogens is 440 g/mol. The van der Waals surface area contributed by atoms with E-state index in [1.807, 2.05) is 59.5 Å². The van der Waals surface area contributed by atoms with Crippen molar-refractivity contribution in [3.05, 3.63) is 89.6 Å². The van der Waals surface area contributed by atoms with Gasteiger partial charge in [0.05, 0.1) is 13.0 Å². The Balaban J connectivity index is 1.08. The molecule has 6 nitrogen and oxygen atoms in total. The molecule has 2 unspecified atom stereocenters. The number of hydrogen-bond acceptors (Lipinski definition) is 4. The average molecular weight is 469 g/mol. The molecule has 2 aromatic carbocycles. The fourth-order valence-corrected chi connectivity index (χ4v) is 4.64. The maximum absolute atomic E-state index is 13.1. The number of amides is 2. The number of fused-ring (bicyclic) bond motifs is 1. The highest BCUT2D eigenvalue weighted by Gasteiger charge is 2.37. The Bertz CT molecular complexity index is 1350. The van der Waals surface area contributed by atoms with Crippen LogP contribution in [0.5, 0.6) is 0 Å². The maximum Gasteiger partial charge on any atom is 0.291 e. The van der Waals surface area contributed by atoms with Gasteiger partial charge in [-0.15, -0.1) is 0 Å². The molecule has 0 saturated heterocycles. The minimum Gasteiger partial charge on any atom is -0.464 e. The zero-order valence-electron chi connectivity index (χ0n) is 19.7. The lowest BCUT2D eigenvalue weighted by Gasteiger charge is -2.21. The SMILES string of the molecule is CC1CC1c1ccc(CN(C(=O)Cc2ccc(NC(=O)c3cc4ccccc4o3)cc2)C2CC2)o1. The number of hydrogen-bond donors (Lipinski definition) is 1. The van der Waals surface area contributed by atoms with Gasteiger partial charge < -0.3 is 19.1 Å². The Morgan fingerprint density at radius 2 is 1.77 bits per heavy atom. The van der Waals surface area contributed by atoms with E-state index in [9.17, 15) is 9.59 Å². The molecule has 2 aromatic heterocycles. The lowest BCUT2D eigenvalue weighted by atomic mass is 10.1. The maximum atomic E-state index is 13.1. The summed E-state index contributed by atoms with van der Waals surface area (Å²) in [6.07, 6.45) is 3.60. The summed E-state index contributed by atoms with van der Waals surface area (Å²) >= 11 is 0. The molecule has 6 heteroatoms. The van der Waals surface area contributed by atoms with Crippen molar-refractivity contribution < 1.29 is 18.4 Å². The third kappa shape index (κ3) is 4.74. The van der Waals surface area contributed by atoms with Crippen molar-refractivity contribution in [3.63, 3.8) is 0 Å². The molecule has 0 radical (unpaired) electrons. The molecule has 0 aliphatic heterocycles. The van der Waals surface area contributed by atoms with Crippen molar-refractivity contribution in [1.82, 2.24) is 4.90 Å². The van der Waals surface area contributed by atoms with Gasteiger partial charge in [0.25, 0.3) is 5.91 Å². The summed E-state index contributed by atoms with van der Waals surface area (Å²) < 4.78 is 11.7. The second-order valence-corrected chi connectivity index (χ2v) is 9.85. The van der Waals surface area contributed by atoms with Crippen LogP contribution in [0.15, 0.2) is 75.6 Å². The van der Waals surface area contributed by atoms with E-state index in [2.05, 4.69) is 18.3 Å². The summed E-state index contributed by atoms with van der Waals surface area (Å²) in [4.78, 5) is 27.7. The van der Waals surface area contributed by atoms with Crippen LogP contribution >= 0.6 is 0 Å². The Kier molecular flexibility index (Phi) is 5.44. The first-order valence-corrected chi connectivity index (χ1v) is 12.3. The molecule has 1 N–H and O–H groups in total. The van der Waals surface area contributed by atoms with Gasteiger partial charge in [-0.1, -0.05) is 37.3 Å². The van der Waals surface area contributed by atoms with E-state index in [0.29, 0.717) is 42.1 Å². The molecule has 0 spiro atoms. The molecule has 4 aromatic rings. The average Bonchev–Trinajstić information content (AvgIpc) is 3.73. The molecule has 2 fully saturated rings. The van der Waals surface area contributed by atoms with E-state index in [1.165, 1.54) is 6.42 Å². The third-order valence-corrected chi connectivity index (χ3v) is 7.01. The predicted molar refractivity (Wildman–Crippen MR) is 133 cm³/mol. The summed E-state index contributed by atoms with van der Waals surface area (Å²) in [5.41, 5.74) is 2.25. The molecule has 35 heavy (non-hydrogen) atoms. The predicted octanol–water partition coefficient (Wildman–Crippen LogP) is 6.14. The van der Waals surface area contributed by atoms with Crippen molar-refractivity contribution in [2.24, 2.45) is 5.92 Å².